The van der Waals surface area contributed by atoms with Crippen LogP contribution in [-0.4, -0.2) is 16.6 Å². The number of para-hydroxylation sites is 1. The van der Waals surface area contributed by atoms with Gasteiger partial charge in [0.05, 0.1) is 6.61 Å². The predicted octanol–water partition coefficient (Wildman–Crippen LogP) is 6.16. The normalized spacial score (nSPS) is 11.2. The van der Waals surface area contributed by atoms with E-state index in [9.17, 15) is 13.2 Å². The molecule has 0 aliphatic heterocycles. The van der Waals surface area contributed by atoms with Crippen LogP contribution in [-0.2, 0) is 6.18 Å². The molecule has 8 heteroatoms. The van der Waals surface area contributed by atoms with Crippen molar-refractivity contribution in [3.8, 4) is 5.75 Å². The van der Waals surface area contributed by atoms with Crippen molar-refractivity contribution in [3.63, 3.8) is 0 Å². The topological polar surface area (TPSA) is 59.1 Å². The Labute approximate surface area is 167 Å². The number of alkyl halides is 3. The fourth-order valence-corrected chi connectivity index (χ4v) is 2.53. The van der Waals surface area contributed by atoms with E-state index in [0.29, 0.717) is 23.7 Å². The maximum absolute atomic E-state index is 13.4. The zero-order valence-electron chi connectivity index (χ0n) is 15.8. The van der Waals surface area contributed by atoms with E-state index in [2.05, 4.69) is 27.5 Å². The van der Waals surface area contributed by atoms with Crippen molar-refractivity contribution in [1.82, 2.24) is 9.97 Å². The smallest absolute Gasteiger partial charge is 0.421 e. The first-order valence-electron chi connectivity index (χ1n) is 9.22. The van der Waals surface area contributed by atoms with Crippen LogP contribution in [0.25, 0.3) is 0 Å². The zero-order chi connectivity index (χ0) is 20.7. The maximum atomic E-state index is 13.4. The molecule has 29 heavy (non-hydrogen) atoms. The Kier molecular flexibility index (Phi) is 6.54. The van der Waals surface area contributed by atoms with Crippen molar-refractivity contribution in [2.45, 2.75) is 25.9 Å². The minimum absolute atomic E-state index is 0.0575. The molecule has 0 bridgehead atoms. The third-order valence-electron chi connectivity index (χ3n) is 3.99. The monoisotopic (exact) mass is 402 g/mol. The third-order valence-corrected chi connectivity index (χ3v) is 3.99. The number of rotatable bonds is 8. The van der Waals surface area contributed by atoms with Gasteiger partial charge in [-0.3, -0.25) is 0 Å². The van der Waals surface area contributed by atoms with E-state index in [1.165, 1.54) is 0 Å². The van der Waals surface area contributed by atoms with E-state index in [4.69, 9.17) is 4.74 Å². The van der Waals surface area contributed by atoms with Crippen LogP contribution < -0.4 is 15.4 Å². The summed E-state index contributed by atoms with van der Waals surface area (Å²) >= 11 is 0. The van der Waals surface area contributed by atoms with Gasteiger partial charge < -0.3 is 15.4 Å². The first-order chi connectivity index (χ1) is 14.0. The quantitative estimate of drug-likeness (QED) is 0.442. The SMILES string of the molecule is CCCCOc1cccc(Nc2nc(Nc3ccccc3)ncc2C(F)(F)F)c1. The van der Waals surface area contributed by atoms with Crippen molar-refractivity contribution in [2.24, 2.45) is 0 Å². The molecule has 3 rings (SSSR count). The summed E-state index contributed by atoms with van der Waals surface area (Å²) in [6.45, 7) is 2.60. The summed E-state index contributed by atoms with van der Waals surface area (Å²) < 4.78 is 45.9. The molecule has 0 aliphatic carbocycles. The van der Waals surface area contributed by atoms with Gasteiger partial charge in [-0.2, -0.15) is 18.2 Å². The highest BCUT2D eigenvalue weighted by molar-refractivity contribution is 5.63. The van der Waals surface area contributed by atoms with Crippen molar-refractivity contribution in [1.29, 1.82) is 0 Å². The average Bonchev–Trinajstić information content (AvgIpc) is 2.69. The fraction of sp³-hybridized carbons (Fsp3) is 0.238. The maximum Gasteiger partial charge on any atom is 0.421 e. The number of halogens is 3. The molecule has 5 nitrogen and oxygen atoms in total. The van der Waals surface area contributed by atoms with Crippen molar-refractivity contribution in [3.05, 3.63) is 66.4 Å². The molecule has 1 aromatic heterocycles. The van der Waals surface area contributed by atoms with Gasteiger partial charge in [0, 0.05) is 23.6 Å². The molecule has 0 radical (unpaired) electrons. The molecule has 0 aliphatic rings. The number of ether oxygens (including phenoxy) is 1. The first-order valence-corrected chi connectivity index (χ1v) is 9.22. The number of unbranched alkanes of at least 4 members (excludes halogenated alkanes) is 1. The van der Waals surface area contributed by atoms with Gasteiger partial charge >= 0.3 is 6.18 Å². The molecule has 0 fully saturated rings. The molecule has 152 valence electrons. The number of benzene rings is 2. The van der Waals surface area contributed by atoms with Gasteiger partial charge in [0.15, 0.2) is 0 Å². The van der Waals surface area contributed by atoms with E-state index < -0.39 is 11.7 Å². The summed E-state index contributed by atoms with van der Waals surface area (Å²) in [5.74, 6) is 0.299. The Hall–Kier alpha value is -3.29. The Balaban J connectivity index is 1.86. The second kappa shape index (κ2) is 9.27. The highest BCUT2D eigenvalue weighted by Gasteiger charge is 2.35. The Bertz CT molecular complexity index is 933. The Morgan fingerprint density at radius 1 is 0.966 bits per heavy atom. The molecule has 1 heterocycles. The highest BCUT2D eigenvalue weighted by Crippen LogP contribution is 2.35. The Morgan fingerprint density at radius 3 is 2.45 bits per heavy atom. The molecule has 3 aromatic rings. The fourth-order valence-electron chi connectivity index (χ4n) is 2.53. The molecule has 0 amide bonds. The van der Waals surface area contributed by atoms with E-state index >= 15 is 0 Å². The average molecular weight is 402 g/mol. The van der Waals surface area contributed by atoms with Gasteiger partial charge in [0.1, 0.15) is 17.1 Å². The molecule has 0 atom stereocenters. The van der Waals surface area contributed by atoms with Gasteiger partial charge in [-0.15, -0.1) is 0 Å². The number of nitrogens with one attached hydrogen (secondary N) is 2. The summed E-state index contributed by atoms with van der Waals surface area (Å²) in [5.41, 5.74) is 0.159. The largest absolute Gasteiger partial charge is 0.494 e. The third kappa shape index (κ3) is 5.84. The molecule has 2 N–H and O–H groups in total. The van der Waals surface area contributed by atoms with Gasteiger partial charge in [-0.25, -0.2) is 4.98 Å². The van der Waals surface area contributed by atoms with Crippen LogP contribution in [0, 0.1) is 0 Å². The van der Waals surface area contributed by atoms with Crippen LogP contribution in [0.15, 0.2) is 60.8 Å². The van der Waals surface area contributed by atoms with E-state index in [-0.39, 0.29) is 11.8 Å². The minimum Gasteiger partial charge on any atom is -0.494 e. The lowest BCUT2D eigenvalue weighted by molar-refractivity contribution is -0.137. The molecular formula is C21H21F3N4O. The van der Waals surface area contributed by atoms with E-state index in [0.717, 1.165) is 19.0 Å². The van der Waals surface area contributed by atoms with Crippen LogP contribution in [0.3, 0.4) is 0 Å². The van der Waals surface area contributed by atoms with E-state index in [1.54, 1.807) is 48.5 Å². The lowest BCUT2D eigenvalue weighted by Gasteiger charge is -2.15. The molecule has 0 unspecified atom stereocenters. The Morgan fingerprint density at radius 2 is 1.72 bits per heavy atom. The molecule has 2 aromatic carbocycles. The summed E-state index contributed by atoms with van der Waals surface area (Å²) in [4.78, 5) is 7.84. The second-order valence-electron chi connectivity index (χ2n) is 6.30. The van der Waals surface area contributed by atoms with Crippen molar-refractivity contribution in [2.75, 3.05) is 17.2 Å². The van der Waals surface area contributed by atoms with Crippen molar-refractivity contribution >= 4 is 23.1 Å². The van der Waals surface area contributed by atoms with Crippen molar-refractivity contribution < 1.29 is 17.9 Å². The van der Waals surface area contributed by atoms with Crippen LogP contribution in [0.5, 0.6) is 5.75 Å². The minimum atomic E-state index is -4.59. The number of hydrogen-bond acceptors (Lipinski definition) is 5. The lowest BCUT2D eigenvalue weighted by atomic mass is 10.2. The van der Waals surface area contributed by atoms with Gasteiger partial charge in [0.2, 0.25) is 5.95 Å². The first kappa shape index (κ1) is 20.4. The van der Waals surface area contributed by atoms with Gasteiger partial charge in [0.25, 0.3) is 0 Å². The number of anilines is 4. The number of hydrogen-bond donors (Lipinski definition) is 2. The lowest BCUT2D eigenvalue weighted by Crippen LogP contribution is -2.12. The van der Waals surface area contributed by atoms with Crippen LogP contribution in [0.4, 0.5) is 36.3 Å². The number of aromatic nitrogens is 2. The van der Waals surface area contributed by atoms with Crippen LogP contribution >= 0.6 is 0 Å². The zero-order valence-corrected chi connectivity index (χ0v) is 15.8. The summed E-state index contributed by atoms with van der Waals surface area (Å²) in [7, 11) is 0. The van der Waals surface area contributed by atoms with Crippen LogP contribution in [0.1, 0.15) is 25.3 Å². The van der Waals surface area contributed by atoms with Crippen LogP contribution in [0.2, 0.25) is 0 Å². The van der Waals surface area contributed by atoms with Gasteiger partial charge in [-0.05, 0) is 30.7 Å². The molecule has 0 spiro atoms. The molecule has 0 saturated heterocycles. The summed E-state index contributed by atoms with van der Waals surface area (Å²) in [5, 5.41) is 5.65. The standard InChI is InChI=1S/C21H21F3N4O/c1-2-3-12-29-17-11-7-10-16(13-17)26-19-18(21(22,23)24)14-25-20(28-19)27-15-8-5-4-6-9-15/h4-11,13-14H,2-3,12H2,1H3,(H2,25,26,27,28). The second-order valence-corrected chi connectivity index (χ2v) is 6.30. The molecule has 0 saturated carbocycles. The predicted molar refractivity (Wildman–Crippen MR) is 107 cm³/mol. The summed E-state index contributed by atoms with van der Waals surface area (Å²) in [6.07, 6.45) is -1.94. The molecular weight excluding hydrogens is 381 g/mol. The van der Waals surface area contributed by atoms with E-state index in [1.807, 2.05) is 6.07 Å². The van der Waals surface area contributed by atoms with Gasteiger partial charge in [-0.1, -0.05) is 37.6 Å². The highest BCUT2D eigenvalue weighted by atomic mass is 19.4. The number of nitrogens with zero attached hydrogens (tertiary/aromatic N) is 2. The summed E-state index contributed by atoms with van der Waals surface area (Å²) in [6, 6.07) is 15.7.